The molecule has 4 heteroatoms. The molecule has 20 heavy (non-hydrogen) atoms. The zero-order valence-electron chi connectivity index (χ0n) is 12.6. The van der Waals surface area contributed by atoms with Crippen LogP contribution in [0.3, 0.4) is 0 Å². The van der Waals surface area contributed by atoms with E-state index in [1.807, 2.05) is 50.2 Å². The molecule has 0 radical (unpaired) electrons. The summed E-state index contributed by atoms with van der Waals surface area (Å²) in [5.41, 5.74) is 1.96. The molecule has 0 aromatic heterocycles. The second-order valence-electron chi connectivity index (χ2n) is 5.40. The van der Waals surface area contributed by atoms with Crippen LogP contribution in [0.2, 0.25) is 0 Å². The average molecular weight is 276 g/mol. The van der Waals surface area contributed by atoms with Crippen molar-refractivity contribution in [2.24, 2.45) is 0 Å². The number of ketones is 1. The lowest BCUT2D eigenvalue weighted by atomic mass is 10.0. The molecular formula is C16H24N2O2. The monoisotopic (exact) mass is 276 g/mol. The van der Waals surface area contributed by atoms with Gasteiger partial charge in [0.25, 0.3) is 0 Å². The number of morpholine rings is 1. The maximum Gasteiger partial charge on any atom is 0.179 e. The number of likely N-dealkylation sites (N-methyl/N-ethyl adjacent to an activating group) is 1. The van der Waals surface area contributed by atoms with Crippen molar-refractivity contribution in [3.05, 3.63) is 29.8 Å². The van der Waals surface area contributed by atoms with Gasteiger partial charge in [0.2, 0.25) is 0 Å². The molecule has 1 atom stereocenters. The second kappa shape index (κ2) is 6.86. The van der Waals surface area contributed by atoms with Crippen molar-refractivity contribution in [1.82, 2.24) is 4.90 Å². The first-order valence-corrected chi connectivity index (χ1v) is 7.27. The Balaban J connectivity index is 2.09. The van der Waals surface area contributed by atoms with E-state index in [0.717, 1.165) is 38.3 Å². The molecule has 4 nitrogen and oxygen atoms in total. The number of hydrogen-bond acceptors (Lipinski definition) is 4. The standard InChI is InChI=1S/C16H24N2O2/c1-4-15(17(2)3)16(19)13-5-7-14(8-6-13)18-9-11-20-12-10-18/h5-8,15H,4,9-12H2,1-3H3. The highest BCUT2D eigenvalue weighted by Gasteiger charge is 2.20. The zero-order chi connectivity index (χ0) is 14.5. The summed E-state index contributed by atoms with van der Waals surface area (Å²) in [5.74, 6) is 0.200. The first-order valence-electron chi connectivity index (χ1n) is 7.27. The Morgan fingerprint density at radius 3 is 2.35 bits per heavy atom. The number of anilines is 1. The van der Waals surface area contributed by atoms with Gasteiger partial charge in [-0.1, -0.05) is 6.92 Å². The number of carbonyl (C=O) groups is 1. The predicted molar refractivity (Wildman–Crippen MR) is 81.6 cm³/mol. The van der Waals surface area contributed by atoms with Crippen LogP contribution in [0.5, 0.6) is 0 Å². The van der Waals surface area contributed by atoms with Crippen LogP contribution in [0.4, 0.5) is 5.69 Å². The second-order valence-corrected chi connectivity index (χ2v) is 5.40. The molecule has 0 aliphatic carbocycles. The molecule has 1 heterocycles. The van der Waals surface area contributed by atoms with E-state index in [-0.39, 0.29) is 11.8 Å². The lowest BCUT2D eigenvalue weighted by Gasteiger charge is -2.29. The first-order chi connectivity index (χ1) is 9.63. The molecule has 1 unspecified atom stereocenters. The topological polar surface area (TPSA) is 32.8 Å². The summed E-state index contributed by atoms with van der Waals surface area (Å²) in [6.45, 7) is 5.44. The molecule has 1 aliphatic heterocycles. The quantitative estimate of drug-likeness (QED) is 0.771. The molecule has 0 N–H and O–H groups in total. The number of Topliss-reactive ketones (excluding diaryl/α,β-unsaturated/α-hetero) is 1. The maximum absolute atomic E-state index is 12.4. The van der Waals surface area contributed by atoms with Crippen LogP contribution in [0, 0.1) is 0 Å². The molecule has 0 bridgehead atoms. The summed E-state index contributed by atoms with van der Waals surface area (Å²) in [5, 5.41) is 0. The van der Waals surface area contributed by atoms with Gasteiger partial charge in [0.15, 0.2) is 5.78 Å². The Hall–Kier alpha value is -1.39. The molecule has 2 rings (SSSR count). The summed E-state index contributed by atoms with van der Waals surface area (Å²) in [6, 6.07) is 7.93. The summed E-state index contributed by atoms with van der Waals surface area (Å²) in [7, 11) is 3.91. The van der Waals surface area contributed by atoms with Crippen molar-refractivity contribution in [2.45, 2.75) is 19.4 Å². The fourth-order valence-corrected chi connectivity index (χ4v) is 2.64. The molecule has 1 fully saturated rings. The third-order valence-electron chi connectivity index (χ3n) is 3.84. The van der Waals surface area contributed by atoms with Crippen LogP contribution >= 0.6 is 0 Å². The van der Waals surface area contributed by atoms with Gasteiger partial charge in [-0.2, -0.15) is 0 Å². The van der Waals surface area contributed by atoms with Crippen LogP contribution in [0.25, 0.3) is 0 Å². The Morgan fingerprint density at radius 1 is 1.25 bits per heavy atom. The van der Waals surface area contributed by atoms with Gasteiger partial charge < -0.3 is 9.64 Å². The molecule has 0 spiro atoms. The Kier molecular flexibility index (Phi) is 5.15. The highest BCUT2D eigenvalue weighted by molar-refractivity contribution is 6.00. The number of carbonyl (C=O) groups excluding carboxylic acids is 1. The van der Waals surface area contributed by atoms with E-state index in [1.54, 1.807) is 0 Å². The van der Waals surface area contributed by atoms with Crippen molar-refractivity contribution >= 4 is 11.5 Å². The van der Waals surface area contributed by atoms with Crippen LogP contribution in [0.15, 0.2) is 24.3 Å². The maximum atomic E-state index is 12.4. The predicted octanol–water partition coefficient (Wildman–Crippen LogP) is 2.05. The zero-order valence-corrected chi connectivity index (χ0v) is 12.6. The van der Waals surface area contributed by atoms with Crippen LogP contribution < -0.4 is 4.90 Å². The Bertz CT molecular complexity index is 436. The number of ether oxygens (including phenoxy) is 1. The van der Waals surface area contributed by atoms with Gasteiger partial charge in [-0.15, -0.1) is 0 Å². The van der Waals surface area contributed by atoms with Crippen molar-refractivity contribution in [1.29, 1.82) is 0 Å². The molecule has 0 amide bonds. The Labute approximate surface area is 121 Å². The van der Waals surface area contributed by atoms with E-state index < -0.39 is 0 Å². The largest absolute Gasteiger partial charge is 0.378 e. The van der Waals surface area contributed by atoms with Crippen molar-refractivity contribution < 1.29 is 9.53 Å². The summed E-state index contributed by atoms with van der Waals surface area (Å²) < 4.78 is 5.35. The van der Waals surface area contributed by atoms with Crippen molar-refractivity contribution in [3.8, 4) is 0 Å². The Morgan fingerprint density at radius 2 is 1.85 bits per heavy atom. The van der Waals surface area contributed by atoms with Crippen molar-refractivity contribution in [2.75, 3.05) is 45.3 Å². The van der Waals surface area contributed by atoms with Gasteiger partial charge in [0.05, 0.1) is 19.3 Å². The molecular weight excluding hydrogens is 252 g/mol. The van der Waals surface area contributed by atoms with Crippen LogP contribution in [0.1, 0.15) is 23.7 Å². The number of hydrogen-bond donors (Lipinski definition) is 0. The summed E-state index contributed by atoms with van der Waals surface area (Å²) >= 11 is 0. The molecule has 1 aromatic rings. The number of benzene rings is 1. The van der Waals surface area contributed by atoms with E-state index >= 15 is 0 Å². The third kappa shape index (κ3) is 3.38. The van der Waals surface area contributed by atoms with E-state index in [4.69, 9.17) is 4.74 Å². The minimum Gasteiger partial charge on any atom is -0.378 e. The van der Waals surface area contributed by atoms with Gasteiger partial charge in [-0.25, -0.2) is 0 Å². The van der Waals surface area contributed by atoms with Gasteiger partial charge in [-0.3, -0.25) is 9.69 Å². The van der Waals surface area contributed by atoms with Crippen LogP contribution in [-0.4, -0.2) is 57.1 Å². The minimum atomic E-state index is -0.0377. The summed E-state index contributed by atoms with van der Waals surface area (Å²) in [6.07, 6.45) is 0.830. The molecule has 110 valence electrons. The van der Waals surface area contributed by atoms with E-state index in [0.29, 0.717) is 0 Å². The van der Waals surface area contributed by atoms with Gasteiger partial charge in [0.1, 0.15) is 0 Å². The molecule has 1 aromatic carbocycles. The first kappa shape index (κ1) is 15.0. The number of nitrogens with zero attached hydrogens (tertiary/aromatic N) is 2. The third-order valence-corrected chi connectivity index (χ3v) is 3.84. The highest BCUT2D eigenvalue weighted by Crippen LogP contribution is 2.18. The van der Waals surface area contributed by atoms with E-state index in [2.05, 4.69) is 4.90 Å². The minimum absolute atomic E-state index is 0.0377. The SMILES string of the molecule is CCC(C(=O)c1ccc(N2CCOCC2)cc1)N(C)C. The fourth-order valence-electron chi connectivity index (χ4n) is 2.64. The highest BCUT2D eigenvalue weighted by atomic mass is 16.5. The van der Waals surface area contributed by atoms with Gasteiger partial charge >= 0.3 is 0 Å². The van der Waals surface area contributed by atoms with Gasteiger partial charge in [0, 0.05) is 24.3 Å². The molecule has 0 saturated carbocycles. The number of rotatable bonds is 5. The smallest absolute Gasteiger partial charge is 0.179 e. The molecule has 1 saturated heterocycles. The summed E-state index contributed by atoms with van der Waals surface area (Å²) in [4.78, 5) is 16.7. The van der Waals surface area contributed by atoms with E-state index in [1.165, 1.54) is 5.69 Å². The van der Waals surface area contributed by atoms with Crippen LogP contribution in [-0.2, 0) is 4.74 Å². The van der Waals surface area contributed by atoms with E-state index in [9.17, 15) is 4.79 Å². The fraction of sp³-hybridized carbons (Fsp3) is 0.562. The molecule has 1 aliphatic rings. The lowest BCUT2D eigenvalue weighted by molar-refractivity contribution is 0.0871. The average Bonchev–Trinajstić information content (AvgIpc) is 2.48. The lowest BCUT2D eigenvalue weighted by Crippen LogP contribution is -2.36. The van der Waals surface area contributed by atoms with Crippen molar-refractivity contribution in [3.63, 3.8) is 0 Å². The van der Waals surface area contributed by atoms with Gasteiger partial charge in [-0.05, 0) is 44.8 Å². The normalized spacial score (nSPS) is 17.3.